The Balaban J connectivity index is 1.76. The number of benzene rings is 2. The van der Waals surface area contributed by atoms with Crippen LogP contribution in [-0.4, -0.2) is 18.4 Å². The van der Waals surface area contributed by atoms with Crippen LogP contribution in [-0.2, 0) is 10.0 Å². The zero-order valence-electron chi connectivity index (χ0n) is 14.1. The molecular formula is C18H16ClN3O2S2. The van der Waals surface area contributed by atoms with Crippen molar-refractivity contribution in [2.45, 2.75) is 28.8 Å². The van der Waals surface area contributed by atoms with Crippen LogP contribution in [0.1, 0.15) is 11.4 Å². The summed E-state index contributed by atoms with van der Waals surface area (Å²) in [6.07, 6.45) is 0. The zero-order chi connectivity index (χ0) is 18.7. The van der Waals surface area contributed by atoms with E-state index >= 15 is 0 Å². The standard InChI is InChI=1S/C18H16ClN3O2S2/c1-12-11-13(2)21-18(20-12)25-15-9-7-14(8-10-15)22-26(23,24)17-6-4-3-5-16(17)19/h3-11,22H,1-2H3. The van der Waals surface area contributed by atoms with Gasteiger partial charge >= 0.3 is 0 Å². The molecular weight excluding hydrogens is 390 g/mol. The number of aromatic nitrogens is 2. The van der Waals surface area contributed by atoms with Crippen molar-refractivity contribution in [3.63, 3.8) is 0 Å². The molecule has 0 atom stereocenters. The molecule has 1 heterocycles. The molecule has 0 unspecified atom stereocenters. The fourth-order valence-corrected chi connectivity index (χ4v) is 4.75. The number of nitrogens with one attached hydrogen (secondary N) is 1. The highest BCUT2D eigenvalue weighted by molar-refractivity contribution is 7.99. The number of hydrogen-bond donors (Lipinski definition) is 1. The van der Waals surface area contributed by atoms with Gasteiger partial charge in [0.2, 0.25) is 0 Å². The average Bonchev–Trinajstić information content (AvgIpc) is 2.56. The lowest BCUT2D eigenvalue weighted by molar-refractivity contribution is 0.601. The van der Waals surface area contributed by atoms with E-state index in [0.29, 0.717) is 10.8 Å². The molecule has 0 bridgehead atoms. The maximum Gasteiger partial charge on any atom is 0.263 e. The first kappa shape index (κ1) is 18.7. The highest BCUT2D eigenvalue weighted by atomic mass is 35.5. The summed E-state index contributed by atoms with van der Waals surface area (Å²) >= 11 is 7.40. The largest absolute Gasteiger partial charge is 0.280 e. The monoisotopic (exact) mass is 405 g/mol. The lowest BCUT2D eigenvalue weighted by Gasteiger charge is -2.10. The van der Waals surface area contributed by atoms with E-state index in [-0.39, 0.29) is 9.92 Å². The van der Waals surface area contributed by atoms with Gasteiger partial charge < -0.3 is 0 Å². The van der Waals surface area contributed by atoms with Gasteiger partial charge in [-0.15, -0.1) is 0 Å². The Hall–Kier alpha value is -2.09. The van der Waals surface area contributed by atoms with E-state index in [0.717, 1.165) is 16.3 Å². The van der Waals surface area contributed by atoms with E-state index in [1.807, 2.05) is 32.0 Å². The molecule has 0 spiro atoms. The van der Waals surface area contributed by atoms with E-state index in [2.05, 4.69) is 14.7 Å². The average molecular weight is 406 g/mol. The summed E-state index contributed by atoms with van der Waals surface area (Å²) in [5, 5.41) is 0.839. The van der Waals surface area contributed by atoms with Crippen LogP contribution in [0.2, 0.25) is 5.02 Å². The predicted octanol–water partition coefficient (Wildman–Crippen LogP) is 4.70. The van der Waals surface area contributed by atoms with Crippen molar-refractivity contribution in [3.8, 4) is 0 Å². The summed E-state index contributed by atoms with van der Waals surface area (Å²) in [6.45, 7) is 3.84. The van der Waals surface area contributed by atoms with Crippen LogP contribution in [0.15, 0.2) is 69.5 Å². The summed E-state index contributed by atoms with van der Waals surface area (Å²) in [7, 11) is -3.74. The highest BCUT2D eigenvalue weighted by Crippen LogP contribution is 2.28. The van der Waals surface area contributed by atoms with Gasteiger partial charge in [0.25, 0.3) is 10.0 Å². The molecule has 0 aliphatic carbocycles. The quantitative estimate of drug-likeness (QED) is 0.623. The minimum Gasteiger partial charge on any atom is -0.280 e. The van der Waals surface area contributed by atoms with E-state index in [9.17, 15) is 8.42 Å². The Morgan fingerprint density at radius 2 is 1.58 bits per heavy atom. The third-order valence-electron chi connectivity index (χ3n) is 3.40. The SMILES string of the molecule is Cc1cc(C)nc(Sc2ccc(NS(=O)(=O)c3ccccc3Cl)cc2)n1. The molecule has 5 nitrogen and oxygen atoms in total. The Kier molecular flexibility index (Phi) is 5.50. The van der Waals surface area contributed by atoms with Gasteiger partial charge in [0.1, 0.15) is 4.90 Å². The van der Waals surface area contributed by atoms with Gasteiger partial charge in [0, 0.05) is 22.0 Å². The van der Waals surface area contributed by atoms with Gasteiger partial charge in [-0.2, -0.15) is 0 Å². The number of nitrogens with zero attached hydrogens (tertiary/aromatic N) is 2. The topological polar surface area (TPSA) is 72.0 Å². The number of anilines is 1. The molecule has 0 radical (unpaired) electrons. The molecule has 0 aliphatic rings. The molecule has 1 N–H and O–H groups in total. The minimum atomic E-state index is -3.74. The Labute approximate surface area is 161 Å². The molecule has 0 fully saturated rings. The molecule has 2 aromatic carbocycles. The van der Waals surface area contributed by atoms with Crippen LogP contribution in [0.3, 0.4) is 0 Å². The van der Waals surface area contributed by atoms with Crippen LogP contribution < -0.4 is 4.72 Å². The molecule has 0 amide bonds. The smallest absolute Gasteiger partial charge is 0.263 e. The summed E-state index contributed by atoms with van der Waals surface area (Å²) in [4.78, 5) is 9.73. The van der Waals surface area contributed by atoms with Crippen LogP contribution in [0.25, 0.3) is 0 Å². The first-order chi connectivity index (χ1) is 12.3. The van der Waals surface area contributed by atoms with Gasteiger partial charge in [-0.25, -0.2) is 18.4 Å². The van der Waals surface area contributed by atoms with Gasteiger partial charge in [0.15, 0.2) is 5.16 Å². The van der Waals surface area contributed by atoms with Crippen LogP contribution in [0.4, 0.5) is 5.69 Å². The number of sulfonamides is 1. The Morgan fingerprint density at radius 3 is 2.19 bits per heavy atom. The summed E-state index contributed by atoms with van der Waals surface area (Å²) in [5.41, 5.74) is 2.27. The van der Waals surface area contributed by atoms with Crippen molar-refractivity contribution in [2.24, 2.45) is 0 Å². The van der Waals surface area contributed by atoms with Gasteiger partial charge in [-0.3, -0.25) is 4.72 Å². The summed E-state index contributed by atoms with van der Waals surface area (Å²) in [5.74, 6) is 0. The van der Waals surface area contributed by atoms with Crippen LogP contribution in [0.5, 0.6) is 0 Å². The second-order valence-electron chi connectivity index (χ2n) is 5.60. The van der Waals surface area contributed by atoms with Gasteiger partial charge in [-0.05, 0) is 68.1 Å². The molecule has 8 heteroatoms. The van der Waals surface area contributed by atoms with Crippen molar-refractivity contribution >= 4 is 39.1 Å². The second-order valence-corrected chi connectivity index (χ2v) is 8.69. The fraction of sp³-hybridized carbons (Fsp3) is 0.111. The first-order valence-corrected chi connectivity index (χ1v) is 10.4. The molecule has 0 saturated carbocycles. The molecule has 3 aromatic rings. The maximum absolute atomic E-state index is 12.5. The summed E-state index contributed by atoms with van der Waals surface area (Å²) < 4.78 is 27.4. The molecule has 3 rings (SSSR count). The predicted molar refractivity (Wildman–Crippen MR) is 104 cm³/mol. The highest BCUT2D eigenvalue weighted by Gasteiger charge is 2.17. The zero-order valence-corrected chi connectivity index (χ0v) is 16.5. The maximum atomic E-state index is 12.5. The van der Waals surface area contributed by atoms with Crippen LogP contribution in [0, 0.1) is 13.8 Å². The molecule has 1 aromatic heterocycles. The fourth-order valence-electron chi connectivity index (χ4n) is 2.31. The lowest BCUT2D eigenvalue weighted by Crippen LogP contribution is -2.13. The number of hydrogen-bond acceptors (Lipinski definition) is 5. The second kappa shape index (κ2) is 7.65. The normalized spacial score (nSPS) is 11.3. The molecule has 0 aliphatic heterocycles. The number of aryl methyl sites for hydroxylation is 2. The third kappa shape index (κ3) is 4.55. The van der Waals surface area contributed by atoms with Crippen molar-refractivity contribution in [1.82, 2.24) is 9.97 Å². The van der Waals surface area contributed by atoms with Gasteiger partial charge in [0.05, 0.1) is 5.02 Å². The van der Waals surface area contributed by atoms with Crippen molar-refractivity contribution in [2.75, 3.05) is 4.72 Å². The van der Waals surface area contributed by atoms with Crippen molar-refractivity contribution < 1.29 is 8.42 Å². The third-order valence-corrected chi connectivity index (χ3v) is 6.16. The van der Waals surface area contributed by atoms with Gasteiger partial charge in [-0.1, -0.05) is 23.7 Å². The summed E-state index contributed by atoms with van der Waals surface area (Å²) in [6, 6.07) is 15.3. The number of halogens is 1. The Bertz CT molecular complexity index is 1020. The van der Waals surface area contributed by atoms with E-state index in [1.165, 1.54) is 17.8 Å². The lowest BCUT2D eigenvalue weighted by atomic mass is 10.3. The van der Waals surface area contributed by atoms with Crippen molar-refractivity contribution in [1.29, 1.82) is 0 Å². The van der Waals surface area contributed by atoms with E-state index < -0.39 is 10.0 Å². The van der Waals surface area contributed by atoms with Crippen LogP contribution >= 0.6 is 23.4 Å². The van der Waals surface area contributed by atoms with E-state index in [1.54, 1.807) is 30.3 Å². The first-order valence-electron chi connectivity index (χ1n) is 7.71. The molecule has 134 valence electrons. The van der Waals surface area contributed by atoms with E-state index in [4.69, 9.17) is 11.6 Å². The molecule has 0 saturated heterocycles. The van der Waals surface area contributed by atoms with Crippen molar-refractivity contribution in [3.05, 3.63) is 71.0 Å². The molecule has 26 heavy (non-hydrogen) atoms. The Morgan fingerprint density at radius 1 is 0.962 bits per heavy atom. The number of rotatable bonds is 5. The minimum absolute atomic E-state index is 0.0451.